The molecule has 2 rings (SSSR count). The number of rotatable bonds is 4. The van der Waals surface area contributed by atoms with E-state index < -0.39 is 0 Å². The van der Waals surface area contributed by atoms with E-state index in [2.05, 4.69) is 10.3 Å². The number of halogens is 1. The molecular formula is C13H9FN4O. The Bertz CT molecular complexity index is 652. The highest BCUT2D eigenvalue weighted by Gasteiger charge is 2.08. The average molecular weight is 256 g/mol. The van der Waals surface area contributed by atoms with Gasteiger partial charge in [0.15, 0.2) is 12.0 Å². The molecule has 2 aromatic rings. The molecule has 94 valence electrons. The molecule has 0 atom stereocenters. The number of nitrogens with zero attached hydrogens (tertiary/aromatic N) is 4. The summed E-state index contributed by atoms with van der Waals surface area (Å²) in [5.74, 6) is -0.318. The van der Waals surface area contributed by atoms with Crippen LogP contribution < -0.4 is 0 Å². The van der Waals surface area contributed by atoms with E-state index in [4.69, 9.17) is 5.26 Å². The number of benzene rings is 1. The first kappa shape index (κ1) is 12.6. The van der Waals surface area contributed by atoms with Crippen molar-refractivity contribution in [2.45, 2.75) is 6.54 Å². The van der Waals surface area contributed by atoms with Gasteiger partial charge in [0, 0.05) is 0 Å². The Morgan fingerprint density at radius 1 is 1.32 bits per heavy atom. The monoisotopic (exact) mass is 256 g/mol. The van der Waals surface area contributed by atoms with Crippen LogP contribution in [-0.4, -0.2) is 21.3 Å². The number of hydrogen-bond donors (Lipinski definition) is 0. The van der Waals surface area contributed by atoms with Crippen LogP contribution >= 0.6 is 0 Å². The number of aldehydes is 1. The van der Waals surface area contributed by atoms with Gasteiger partial charge in [-0.3, -0.25) is 4.79 Å². The molecule has 0 saturated carbocycles. The number of nitriles is 1. The largest absolute Gasteiger partial charge is 0.296 e. The van der Waals surface area contributed by atoms with Gasteiger partial charge < -0.3 is 0 Å². The first-order valence-corrected chi connectivity index (χ1v) is 5.44. The Labute approximate surface area is 108 Å². The molecule has 0 amide bonds. The number of carbonyl (C=O) groups excluding carboxylic acids is 1. The molecule has 0 aliphatic heterocycles. The van der Waals surface area contributed by atoms with Crippen LogP contribution in [0.1, 0.15) is 21.7 Å². The van der Waals surface area contributed by atoms with Crippen molar-refractivity contribution >= 4 is 18.4 Å². The third-order valence-electron chi connectivity index (χ3n) is 2.44. The lowest BCUT2D eigenvalue weighted by Gasteiger charge is -1.97. The van der Waals surface area contributed by atoms with Gasteiger partial charge in [0.25, 0.3) is 0 Å². The van der Waals surface area contributed by atoms with E-state index in [9.17, 15) is 9.18 Å². The van der Waals surface area contributed by atoms with Crippen molar-refractivity contribution in [3.63, 3.8) is 0 Å². The minimum absolute atomic E-state index is 0.00390. The standard InChI is InChI=1S/C13H9FN4O/c14-11-4-1-10(2-5-11)3-6-13-12(9-19)16-17-18(13)8-7-15/h1-6,9H,8H2/b6-3+. The Kier molecular flexibility index (Phi) is 3.78. The lowest BCUT2D eigenvalue weighted by molar-refractivity contribution is 0.111. The van der Waals surface area contributed by atoms with Crippen molar-refractivity contribution in [3.05, 3.63) is 47.0 Å². The third kappa shape index (κ3) is 2.90. The minimum atomic E-state index is -0.318. The van der Waals surface area contributed by atoms with Crippen LogP contribution in [0, 0.1) is 17.1 Å². The summed E-state index contributed by atoms with van der Waals surface area (Å²) >= 11 is 0. The maximum atomic E-state index is 12.8. The van der Waals surface area contributed by atoms with Crippen molar-refractivity contribution < 1.29 is 9.18 Å². The van der Waals surface area contributed by atoms with Gasteiger partial charge in [0.05, 0.1) is 11.8 Å². The summed E-state index contributed by atoms with van der Waals surface area (Å²) in [6.07, 6.45) is 3.89. The van der Waals surface area contributed by atoms with E-state index in [1.807, 2.05) is 6.07 Å². The number of carbonyl (C=O) groups is 1. The molecule has 6 heteroatoms. The van der Waals surface area contributed by atoms with Gasteiger partial charge in [0.2, 0.25) is 0 Å². The van der Waals surface area contributed by atoms with Crippen LogP contribution in [0.15, 0.2) is 24.3 Å². The lowest BCUT2D eigenvalue weighted by atomic mass is 10.2. The van der Waals surface area contributed by atoms with Crippen LogP contribution in [0.5, 0.6) is 0 Å². The van der Waals surface area contributed by atoms with Gasteiger partial charge in [-0.25, -0.2) is 9.07 Å². The Morgan fingerprint density at radius 3 is 2.68 bits per heavy atom. The fourth-order valence-electron chi connectivity index (χ4n) is 1.52. The molecule has 0 bridgehead atoms. The summed E-state index contributed by atoms with van der Waals surface area (Å²) in [4.78, 5) is 10.8. The molecule has 1 heterocycles. The molecule has 0 radical (unpaired) electrons. The van der Waals surface area contributed by atoms with Crippen molar-refractivity contribution in [1.29, 1.82) is 5.26 Å². The molecule has 0 aliphatic rings. The van der Waals surface area contributed by atoms with Crippen LogP contribution in [0.4, 0.5) is 4.39 Å². The fraction of sp³-hybridized carbons (Fsp3) is 0.0769. The molecule has 1 aromatic heterocycles. The highest BCUT2D eigenvalue weighted by molar-refractivity contribution is 5.81. The first-order chi connectivity index (χ1) is 9.24. The third-order valence-corrected chi connectivity index (χ3v) is 2.44. The van der Waals surface area contributed by atoms with Gasteiger partial charge in [-0.2, -0.15) is 5.26 Å². The molecule has 0 N–H and O–H groups in total. The molecule has 19 heavy (non-hydrogen) atoms. The highest BCUT2D eigenvalue weighted by Crippen LogP contribution is 2.11. The van der Waals surface area contributed by atoms with Crippen molar-refractivity contribution in [3.8, 4) is 6.07 Å². The van der Waals surface area contributed by atoms with E-state index in [1.165, 1.54) is 16.8 Å². The maximum absolute atomic E-state index is 12.8. The maximum Gasteiger partial charge on any atom is 0.172 e. The van der Waals surface area contributed by atoms with E-state index in [0.29, 0.717) is 12.0 Å². The predicted octanol–water partition coefficient (Wildman–Crippen LogP) is 1.92. The Hall–Kier alpha value is -2.81. The summed E-state index contributed by atoms with van der Waals surface area (Å²) in [5.41, 5.74) is 1.37. The predicted molar refractivity (Wildman–Crippen MR) is 66.4 cm³/mol. The Balaban J connectivity index is 2.31. The van der Waals surface area contributed by atoms with E-state index in [-0.39, 0.29) is 18.1 Å². The number of hydrogen-bond acceptors (Lipinski definition) is 4. The zero-order chi connectivity index (χ0) is 13.7. The molecular weight excluding hydrogens is 247 g/mol. The zero-order valence-electron chi connectivity index (χ0n) is 9.82. The van der Waals surface area contributed by atoms with E-state index in [1.54, 1.807) is 24.3 Å². The topological polar surface area (TPSA) is 71.6 Å². The number of aromatic nitrogens is 3. The average Bonchev–Trinajstić information content (AvgIpc) is 2.81. The van der Waals surface area contributed by atoms with Crippen LogP contribution in [-0.2, 0) is 6.54 Å². The summed E-state index contributed by atoms with van der Waals surface area (Å²) in [6, 6.07) is 7.81. The molecule has 0 fully saturated rings. The van der Waals surface area contributed by atoms with Crippen LogP contribution in [0.25, 0.3) is 12.2 Å². The minimum Gasteiger partial charge on any atom is -0.296 e. The zero-order valence-corrected chi connectivity index (χ0v) is 9.82. The van der Waals surface area contributed by atoms with Gasteiger partial charge in [-0.1, -0.05) is 23.4 Å². The van der Waals surface area contributed by atoms with Crippen molar-refractivity contribution in [2.24, 2.45) is 0 Å². The van der Waals surface area contributed by atoms with Gasteiger partial charge in [0.1, 0.15) is 12.4 Å². The van der Waals surface area contributed by atoms with E-state index >= 15 is 0 Å². The second kappa shape index (κ2) is 5.69. The molecule has 0 unspecified atom stereocenters. The van der Waals surface area contributed by atoms with Gasteiger partial charge in [-0.15, -0.1) is 5.10 Å². The smallest absolute Gasteiger partial charge is 0.172 e. The lowest BCUT2D eigenvalue weighted by Crippen LogP contribution is -2.01. The second-order valence-corrected chi connectivity index (χ2v) is 3.68. The van der Waals surface area contributed by atoms with Gasteiger partial charge in [-0.05, 0) is 23.8 Å². The summed E-state index contributed by atoms with van der Waals surface area (Å²) in [7, 11) is 0. The van der Waals surface area contributed by atoms with Crippen LogP contribution in [0.2, 0.25) is 0 Å². The highest BCUT2D eigenvalue weighted by atomic mass is 19.1. The van der Waals surface area contributed by atoms with Crippen LogP contribution in [0.3, 0.4) is 0 Å². The second-order valence-electron chi connectivity index (χ2n) is 3.68. The first-order valence-electron chi connectivity index (χ1n) is 5.44. The normalized spacial score (nSPS) is 10.5. The fourth-order valence-corrected chi connectivity index (χ4v) is 1.52. The molecule has 5 nitrogen and oxygen atoms in total. The molecule has 0 aliphatic carbocycles. The van der Waals surface area contributed by atoms with E-state index in [0.717, 1.165) is 5.56 Å². The summed E-state index contributed by atoms with van der Waals surface area (Å²) < 4.78 is 14.1. The van der Waals surface area contributed by atoms with Crippen molar-refractivity contribution in [2.75, 3.05) is 0 Å². The van der Waals surface area contributed by atoms with Gasteiger partial charge >= 0.3 is 0 Å². The Morgan fingerprint density at radius 2 is 2.05 bits per heavy atom. The molecule has 0 saturated heterocycles. The SMILES string of the molecule is N#CCn1nnc(C=O)c1/C=C/c1ccc(F)cc1. The quantitative estimate of drug-likeness (QED) is 0.783. The van der Waals surface area contributed by atoms with Crippen molar-refractivity contribution in [1.82, 2.24) is 15.0 Å². The summed E-state index contributed by atoms with van der Waals surface area (Å²) in [6.45, 7) is 0.00390. The molecule has 0 spiro atoms. The summed E-state index contributed by atoms with van der Waals surface area (Å²) in [5, 5.41) is 16.0. The molecule has 1 aromatic carbocycles.